The van der Waals surface area contributed by atoms with Crippen molar-refractivity contribution in [2.75, 3.05) is 12.4 Å². The van der Waals surface area contributed by atoms with Crippen molar-refractivity contribution in [2.24, 2.45) is 0 Å². The lowest BCUT2D eigenvalue weighted by atomic mass is 10.3. The van der Waals surface area contributed by atoms with Crippen molar-refractivity contribution in [3.8, 4) is 0 Å². The summed E-state index contributed by atoms with van der Waals surface area (Å²) < 4.78 is 33.2. The van der Waals surface area contributed by atoms with Crippen LogP contribution in [0.1, 0.15) is 26.2 Å². The molecule has 0 unspecified atom stereocenters. The Balaban J connectivity index is 3.49. The van der Waals surface area contributed by atoms with Crippen LogP contribution < -0.4 is 0 Å². The van der Waals surface area contributed by atoms with Gasteiger partial charge in [0.2, 0.25) is 0 Å². The molecule has 0 saturated heterocycles. The first-order valence-electron chi connectivity index (χ1n) is 4.06. The standard InChI is InChI=1S/C7H14O5S/c1-2-3-4-7(8)12-5-6-13(9,10)11/h2-6H2,1H3,(H,9,10,11). The second kappa shape index (κ2) is 5.93. The number of unbranched alkanes of at least 4 members (excludes halogenated alkanes) is 1. The Kier molecular flexibility index (Phi) is 5.65. The minimum Gasteiger partial charge on any atom is -0.464 e. The van der Waals surface area contributed by atoms with Crippen LogP contribution in [-0.4, -0.2) is 31.3 Å². The highest BCUT2D eigenvalue weighted by molar-refractivity contribution is 7.85. The predicted octanol–water partition coefficient (Wildman–Crippen LogP) is 0.608. The Morgan fingerprint density at radius 1 is 1.46 bits per heavy atom. The van der Waals surface area contributed by atoms with E-state index in [1.165, 1.54) is 0 Å². The van der Waals surface area contributed by atoms with Crippen LogP contribution in [0.4, 0.5) is 0 Å². The van der Waals surface area contributed by atoms with Crippen LogP contribution >= 0.6 is 0 Å². The summed E-state index contributed by atoms with van der Waals surface area (Å²) in [5.74, 6) is -0.962. The lowest BCUT2D eigenvalue weighted by Gasteiger charge is -2.01. The molecular weight excluding hydrogens is 196 g/mol. The normalized spacial score (nSPS) is 11.2. The van der Waals surface area contributed by atoms with E-state index >= 15 is 0 Å². The molecule has 0 aromatic rings. The van der Waals surface area contributed by atoms with Crippen LogP contribution in [0.2, 0.25) is 0 Å². The number of rotatable bonds is 6. The molecule has 0 rings (SSSR count). The fourth-order valence-electron chi connectivity index (χ4n) is 0.654. The Morgan fingerprint density at radius 3 is 2.54 bits per heavy atom. The zero-order valence-electron chi connectivity index (χ0n) is 7.52. The molecule has 78 valence electrons. The van der Waals surface area contributed by atoms with Crippen LogP contribution in [0.3, 0.4) is 0 Å². The second-order valence-electron chi connectivity index (χ2n) is 2.61. The molecular formula is C7H14O5S. The van der Waals surface area contributed by atoms with Crippen molar-refractivity contribution in [2.45, 2.75) is 26.2 Å². The summed E-state index contributed by atoms with van der Waals surface area (Å²) in [6, 6.07) is 0. The monoisotopic (exact) mass is 210 g/mol. The first-order chi connectivity index (χ1) is 5.95. The van der Waals surface area contributed by atoms with Gasteiger partial charge in [0.1, 0.15) is 12.4 Å². The summed E-state index contributed by atoms with van der Waals surface area (Å²) in [5.41, 5.74) is 0. The van der Waals surface area contributed by atoms with Crippen LogP contribution in [0, 0.1) is 0 Å². The van der Waals surface area contributed by atoms with Crippen molar-refractivity contribution in [1.29, 1.82) is 0 Å². The van der Waals surface area contributed by atoms with Gasteiger partial charge in [0.15, 0.2) is 0 Å². The number of carbonyl (C=O) groups excluding carboxylic acids is 1. The number of esters is 1. The molecule has 0 aliphatic rings. The van der Waals surface area contributed by atoms with Gasteiger partial charge in [-0.25, -0.2) is 0 Å². The minimum atomic E-state index is -4.02. The zero-order valence-corrected chi connectivity index (χ0v) is 8.34. The van der Waals surface area contributed by atoms with Crippen molar-refractivity contribution in [1.82, 2.24) is 0 Å². The molecule has 0 aromatic heterocycles. The van der Waals surface area contributed by atoms with Gasteiger partial charge >= 0.3 is 5.97 Å². The molecule has 0 spiro atoms. The average Bonchev–Trinajstić information content (AvgIpc) is 1.98. The highest BCUT2D eigenvalue weighted by Gasteiger charge is 2.07. The second-order valence-corrected chi connectivity index (χ2v) is 4.18. The van der Waals surface area contributed by atoms with E-state index in [0.29, 0.717) is 6.42 Å². The van der Waals surface area contributed by atoms with E-state index in [2.05, 4.69) is 4.74 Å². The third-order valence-corrected chi connectivity index (χ3v) is 2.02. The maximum absolute atomic E-state index is 10.8. The topological polar surface area (TPSA) is 80.7 Å². The van der Waals surface area contributed by atoms with Crippen LogP contribution in [-0.2, 0) is 19.6 Å². The summed E-state index contributed by atoms with van der Waals surface area (Å²) in [7, 11) is -4.02. The molecule has 0 saturated carbocycles. The maximum Gasteiger partial charge on any atom is 0.305 e. The van der Waals surface area contributed by atoms with E-state index < -0.39 is 21.8 Å². The third kappa shape index (κ3) is 9.29. The van der Waals surface area contributed by atoms with E-state index in [9.17, 15) is 13.2 Å². The van der Waals surface area contributed by atoms with Gasteiger partial charge < -0.3 is 4.74 Å². The van der Waals surface area contributed by atoms with Crippen molar-refractivity contribution in [3.63, 3.8) is 0 Å². The molecule has 0 aliphatic carbocycles. The molecule has 0 bridgehead atoms. The third-order valence-electron chi connectivity index (χ3n) is 1.34. The van der Waals surface area contributed by atoms with E-state index in [1.54, 1.807) is 0 Å². The molecule has 13 heavy (non-hydrogen) atoms. The lowest BCUT2D eigenvalue weighted by Crippen LogP contribution is -2.14. The van der Waals surface area contributed by atoms with Gasteiger partial charge in [-0.15, -0.1) is 0 Å². The van der Waals surface area contributed by atoms with E-state index in [1.807, 2.05) is 6.92 Å². The van der Waals surface area contributed by atoms with E-state index in [-0.39, 0.29) is 6.61 Å². The average molecular weight is 210 g/mol. The van der Waals surface area contributed by atoms with E-state index in [4.69, 9.17) is 4.55 Å². The molecule has 0 fully saturated rings. The minimum absolute atomic E-state index is 0.276. The summed E-state index contributed by atoms with van der Waals surface area (Å²) >= 11 is 0. The Morgan fingerprint density at radius 2 is 2.08 bits per heavy atom. The largest absolute Gasteiger partial charge is 0.464 e. The van der Waals surface area contributed by atoms with Gasteiger partial charge in [-0.1, -0.05) is 13.3 Å². The first kappa shape index (κ1) is 12.4. The molecule has 0 aromatic carbocycles. The summed E-state index contributed by atoms with van der Waals surface area (Å²) in [6.07, 6.45) is 1.90. The smallest absolute Gasteiger partial charge is 0.305 e. The molecule has 0 amide bonds. The van der Waals surface area contributed by atoms with E-state index in [0.717, 1.165) is 12.8 Å². The summed E-state index contributed by atoms with van der Waals surface area (Å²) in [6.45, 7) is 1.66. The SMILES string of the molecule is CCCCC(=O)OCCS(=O)(=O)O. The van der Waals surface area contributed by atoms with Gasteiger partial charge in [0, 0.05) is 6.42 Å². The van der Waals surface area contributed by atoms with Crippen molar-refractivity contribution >= 4 is 16.1 Å². The van der Waals surface area contributed by atoms with Crippen LogP contribution in [0.5, 0.6) is 0 Å². The van der Waals surface area contributed by atoms with Gasteiger partial charge in [-0.2, -0.15) is 8.42 Å². The number of carbonyl (C=O) groups is 1. The molecule has 1 N–H and O–H groups in total. The molecule has 6 heteroatoms. The fraction of sp³-hybridized carbons (Fsp3) is 0.857. The molecule has 5 nitrogen and oxygen atoms in total. The van der Waals surface area contributed by atoms with Crippen molar-refractivity contribution in [3.05, 3.63) is 0 Å². The molecule has 0 atom stereocenters. The number of ether oxygens (including phenoxy) is 1. The van der Waals surface area contributed by atoms with Gasteiger partial charge in [0.25, 0.3) is 10.1 Å². The Hall–Kier alpha value is -0.620. The van der Waals surface area contributed by atoms with Crippen LogP contribution in [0.15, 0.2) is 0 Å². The lowest BCUT2D eigenvalue weighted by molar-refractivity contribution is -0.143. The summed E-state index contributed by atoms with van der Waals surface area (Å²) in [4.78, 5) is 10.8. The molecule has 0 radical (unpaired) electrons. The van der Waals surface area contributed by atoms with Crippen LogP contribution in [0.25, 0.3) is 0 Å². The number of hydrogen-bond donors (Lipinski definition) is 1. The van der Waals surface area contributed by atoms with Gasteiger partial charge in [-0.3, -0.25) is 9.35 Å². The van der Waals surface area contributed by atoms with Crippen molar-refractivity contribution < 1.29 is 22.5 Å². The quantitative estimate of drug-likeness (QED) is 0.513. The summed E-state index contributed by atoms with van der Waals surface area (Å²) in [5, 5.41) is 0. The highest BCUT2D eigenvalue weighted by atomic mass is 32.2. The maximum atomic E-state index is 10.8. The van der Waals surface area contributed by atoms with Gasteiger partial charge in [-0.05, 0) is 6.42 Å². The molecule has 0 heterocycles. The fourth-order valence-corrected chi connectivity index (χ4v) is 0.948. The molecule has 0 aliphatic heterocycles. The zero-order chi connectivity index (χ0) is 10.3. The van der Waals surface area contributed by atoms with Gasteiger partial charge in [0.05, 0.1) is 0 Å². The first-order valence-corrected chi connectivity index (χ1v) is 5.67. The predicted molar refractivity (Wildman–Crippen MR) is 46.9 cm³/mol. The highest BCUT2D eigenvalue weighted by Crippen LogP contribution is 1.96. The Labute approximate surface area is 77.8 Å². The number of hydrogen-bond acceptors (Lipinski definition) is 4. The Bertz CT molecular complexity index is 244.